The summed E-state index contributed by atoms with van der Waals surface area (Å²) in [5.41, 5.74) is 0.648. The maximum absolute atomic E-state index is 12.7. The molecule has 6 heteroatoms. The fourth-order valence-corrected chi connectivity index (χ4v) is 1.71. The van der Waals surface area contributed by atoms with E-state index in [0.717, 1.165) is 0 Å². The Hall–Kier alpha value is -1.87. The van der Waals surface area contributed by atoms with Gasteiger partial charge in [-0.15, -0.1) is 10.2 Å². The van der Waals surface area contributed by atoms with E-state index in [0.29, 0.717) is 16.7 Å². The molecule has 0 unspecified atom stereocenters. The summed E-state index contributed by atoms with van der Waals surface area (Å²) >= 11 is 1.19. The van der Waals surface area contributed by atoms with Gasteiger partial charge in [0.05, 0.1) is 11.3 Å². The molecule has 0 radical (unpaired) electrons. The highest BCUT2D eigenvalue weighted by Crippen LogP contribution is 2.25. The molecule has 0 bridgehead atoms. The zero-order valence-corrected chi connectivity index (χ0v) is 9.74. The van der Waals surface area contributed by atoms with Gasteiger partial charge >= 0.3 is 0 Å². The van der Waals surface area contributed by atoms with Gasteiger partial charge in [0.1, 0.15) is 5.82 Å². The van der Waals surface area contributed by atoms with Crippen molar-refractivity contribution in [2.45, 2.75) is 17.4 Å². The van der Waals surface area contributed by atoms with Gasteiger partial charge in [-0.2, -0.15) is 5.26 Å². The molecule has 1 aromatic carbocycles. The third-order valence-corrected chi connectivity index (χ3v) is 2.78. The third kappa shape index (κ3) is 2.82. The van der Waals surface area contributed by atoms with Crippen molar-refractivity contribution in [1.29, 1.82) is 5.26 Å². The number of thioether (sulfide) groups is 1. The topological polar surface area (TPSA) is 62.7 Å². The van der Waals surface area contributed by atoms with Crippen LogP contribution in [0.1, 0.15) is 6.92 Å². The Bertz CT molecular complexity index is 547. The lowest BCUT2D eigenvalue weighted by Crippen LogP contribution is -1.88. The van der Waals surface area contributed by atoms with Crippen LogP contribution in [0.3, 0.4) is 0 Å². The van der Waals surface area contributed by atoms with Crippen LogP contribution in [0.25, 0.3) is 11.5 Å². The van der Waals surface area contributed by atoms with E-state index in [-0.39, 0.29) is 11.1 Å². The lowest BCUT2D eigenvalue weighted by Gasteiger charge is -1.95. The van der Waals surface area contributed by atoms with Gasteiger partial charge in [-0.25, -0.2) is 4.39 Å². The quantitative estimate of drug-likeness (QED) is 0.782. The first-order valence-electron chi connectivity index (χ1n) is 4.85. The molecule has 1 atom stereocenters. The van der Waals surface area contributed by atoms with E-state index in [1.807, 2.05) is 0 Å². The van der Waals surface area contributed by atoms with Crippen LogP contribution in [0.15, 0.2) is 33.9 Å². The molecule has 2 aromatic rings. The van der Waals surface area contributed by atoms with Crippen LogP contribution in [-0.2, 0) is 0 Å². The Morgan fingerprint density at radius 3 is 2.71 bits per heavy atom. The number of benzene rings is 1. The minimum absolute atomic E-state index is 0.253. The maximum atomic E-state index is 12.7. The van der Waals surface area contributed by atoms with E-state index in [4.69, 9.17) is 9.68 Å². The Balaban J connectivity index is 2.18. The van der Waals surface area contributed by atoms with Crippen molar-refractivity contribution in [2.24, 2.45) is 0 Å². The van der Waals surface area contributed by atoms with Crippen molar-refractivity contribution < 1.29 is 8.81 Å². The van der Waals surface area contributed by atoms with Crippen molar-refractivity contribution in [3.05, 3.63) is 30.1 Å². The Morgan fingerprint density at radius 1 is 1.35 bits per heavy atom. The fourth-order valence-electron chi connectivity index (χ4n) is 1.14. The largest absolute Gasteiger partial charge is 0.411 e. The van der Waals surface area contributed by atoms with E-state index in [2.05, 4.69) is 16.3 Å². The van der Waals surface area contributed by atoms with E-state index in [1.54, 1.807) is 19.1 Å². The molecule has 0 fully saturated rings. The summed E-state index contributed by atoms with van der Waals surface area (Å²) in [5, 5.41) is 16.4. The summed E-state index contributed by atoms with van der Waals surface area (Å²) in [7, 11) is 0. The van der Waals surface area contributed by atoms with Crippen molar-refractivity contribution in [3.63, 3.8) is 0 Å². The average molecular weight is 249 g/mol. The minimum Gasteiger partial charge on any atom is -0.411 e. The number of rotatable bonds is 3. The number of aromatic nitrogens is 2. The molecule has 0 saturated carbocycles. The summed E-state index contributed by atoms with van der Waals surface area (Å²) in [6.07, 6.45) is 0. The van der Waals surface area contributed by atoms with Gasteiger partial charge in [-0.3, -0.25) is 0 Å². The van der Waals surface area contributed by atoms with E-state index >= 15 is 0 Å². The average Bonchev–Trinajstić information content (AvgIpc) is 2.78. The summed E-state index contributed by atoms with van der Waals surface area (Å²) < 4.78 is 18.1. The zero-order chi connectivity index (χ0) is 12.3. The molecular formula is C11H8FN3OS. The fraction of sp³-hybridized carbons (Fsp3) is 0.182. The van der Waals surface area contributed by atoms with E-state index < -0.39 is 0 Å². The smallest absolute Gasteiger partial charge is 0.278 e. The summed E-state index contributed by atoms with van der Waals surface area (Å²) in [4.78, 5) is 0. The van der Waals surface area contributed by atoms with Gasteiger partial charge in [-0.1, -0.05) is 0 Å². The van der Waals surface area contributed by atoms with Crippen LogP contribution in [0.5, 0.6) is 0 Å². The molecular weight excluding hydrogens is 241 g/mol. The van der Waals surface area contributed by atoms with Gasteiger partial charge in [0, 0.05) is 5.56 Å². The molecule has 2 rings (SSSR count). The first-order valence-corrected chi connectivity index (χ1v) is 5.72. The van der Waals surface area contributed by atoms with Gasteiger partial charge in [-0.05, 0) is 43.0 Å². The molecule has 0 amide bonds. The molecule has 0 spiro atoms. The molecule has 0 aliphatic rings. The molecule has 0 aliphatic carbocycles. The second-order valence-corrected chi connectivity index (χ2v) is 4.56. The van der Waals surface area contributed by atoms with Crippen LogP contribution in [0.4, 0.5) is 4.39 Å². The van der Waals surface area contributed by atoms with Gasteiger partial charge in [0.25, 0.3) is 5.22 Å². The first-order chi connectivity index (χ1) is 8.19. The van der Waals surface area contributed by atoms with Crippen LogP contribution in [0.2, 0.25) is 0 Å². The molecule has 0 N–H and O–H groups in total. The second kappa shape index (κ2) is 4.97. The summed E-state index contributed by atoms with van der Waals surface area (Å²) in [5.74, 6) is -0.00129. The number of hydrogen-bond acceptors (Lipinski definition) is 5. The van der Waals surface area contributed by atoms with Crippen LogP contribution in [0, 0.1) is 17.1 Å². The lowest BCUT2D eigenvalue weighted by molar-refractivity contribution is 0.465. The Morgan fingerprint density at radius 2 is 2.06 bits per heavy atom. The van der Waals surface area contributed by atoms with Crippen LogP contribution >= 0.6 is 11.8 Å². The van der Waals surface area contributed by atoms with E-state index in [1.165, 1.54) is 23.9 Å². The molecule has 17 heavy (non-hydrogen) atoms. The SMILES string of the molecule is C[C@@H](C#N)Sc1nnc(-c2ccc(F)cc2)o1. The van der Waals surface area contributed by atoms with Crippen molar-refractivity contribution in [2.75, 3.05) is 0 Å². The highest BCUT2D eigenvalue weighted by molar-refractivity contribution is 7.99. The normalized spacial score (nSPS) is 12.1. The lowest BCUT2D eigenvalue weighted by atomic mass is 10.2. The standard InChI is InChI=1S/C11H8FN3OS/c1-7(6-13)17-11-15-14-10(16-11)8-2-4-9(12)5-3-8/h2-5,7H,1H3/t7-/m0/s1. The predicted molar refractivity (Wildman–Crippen MR) is 60.6 cm³/mol. The zero-order valence-electron chi connectivity index (χ0n) is 8.92. The predicted octanol–water partition coefficient (Wildman–Crippen LogP) is 2.88. The van der Waals surface area contributed by atoms with E-state index in [9.17, 15) is 4.39 Å². The second-order valence-electron chi connectivity index (χ2n) is 3.27. The maximum Gasteiger partial charge on any atom is 0.278 e. The molecule has 4 nitrogen and oxygen atoms in total. The molecule has 1 aromatic heterocycles. The number of nitriles is 1. The number of hydrogen-bond donors (Lipinski definition) is 0. The van der Waals surface area contributed by atoms with Gasteiger partial charge in [0.15, 0.2) is 0 Å². The Labute approximate surface area is 101 Å². The molecule has 86 valence electrons. The summed E-state index contributed by atoms with van der Waals surface area (Å²) in [6, 6.07) is 7.82. The van der Waals surface area contributed by atoms with Gasteiger partial charge in [0.2, 0.25) is 5.89 Å². The van der Waals surface area contributed by atoms with Gasteiger partial charge < -0.3 is 4.42 Å². The third-order valence-electron chi connectivity index (χ3n) is 1.96. The summed E-state index contributed by atoms with van der Waals surface area (Å²) in [6.45, 7) is 1.74. The Kier molecular flexibility index (Phi) is 3.40. The van der Waals surface area contributed by atoms with Crippen molar-refractivity contribution in [1.82, 2.24) is 10.2 Å². The highest BCUT2D eigenvalue weighted by Gasteiger charge is 2.12. The first kappa shape index (κ1) is 11.6. The molecule has 0 aliphatic heterocycles. The monoisotopic (exact) mass is 249 g/mol. The molecule has 0 saturated heterocycles. The highest BCUT2D eigenvalue weighted by atomic mass is 32.2. The van der Waals surface area contributed by atoms with Crippen LogP contribution < -0.4 is 0 Å². The number of halogens is 1. The van der Waals surface area contributed by atoms with Crippen molar-refractivity contribution in [3.8, 4) is 17.5 Å². The minimum atomic E-state index is -0.319. The van der Waals surface area contributed by atoms with Crippen LogP contribution in [-0.4, -0.2) is 15.4 Å². The van der Waals surface area contributed by atoms with Crippen molar-refractivity contribution >= 4 is 11.8 Å². The number of nitrogens with zero attached hydrogens (tertiary/aromatic N) is 3. The molecule has 1 heterocycles.